The van der Waals surface area contributed by atoms with Gasteiger partial charge in [0.25, 0.3) is 5.91 Å². The van der Waals surface area contributed by atoms with Gasteiger partial charge in [-0.3, -0.25) is 4.79 Å². The smallest absolute Gasteiger partial charge is 0.253 e. The van der Waals surface area contributed by atoms with Gasteiger partial charge in [-0.1, -0.05) is 31.9 Å². The van der Waals surface area contributed by atoms with Crippen LogP contribution in [0.5, 0.6) is 0 Å². The average Bonchev–Trinajstić information content (AvgIpc) is 2.28. The predicted molar refractivity (Wildman–Crippen MR) is 74.5 cm³/mol. The van der Waals surface area contributed by atoms with Crippen molar-refractivity contribution in [3.05, 3.63) is 29.3 Å². The Labute approximate surface area is 109 Å². The minimum Gasteiger partial charge on any atom is -0.398 e. The first-order valence-corrected chi connectivity index (χ1v) is 6.74. The van der Waals surface area contributed by atoms with Crippen molar-refractivity contribution in [2.75, 3.05) is 5.73 Å². The predicted octanol–water partition coefficient (Wildman–Crippen LogP) is 2.89. The largest absolute Gasteiger partial charge is 0.398 e. The maximum atomic E-state index is 12.3. The van der Waals surface area contributed by atoms with Gasteiger partial charge in [0.1, 0.15) is 0 Å². The molecule has 0 radical (unpaired) electrons. The lowest BCUT2D eigenvalue weighted by Gasteiger charge is -2.27. The SMILES string of the molecule is Cc1cccc(N)c1C(=O)NC1CCCC(C)C1. The van der Waals surface area contributed by atoms with Crippen LogP contribution in [0.4, 0.5) is 5.69 Å². The van der Waals surface area contributed by atoms with Crippen molar-refractivity contribution in [1.82, 2.24) is 5.32 Å². The first kappa shape index (κ1) is 12.9. The zero-order chi connectivity index (χ0) is 13.1. The zero-order valence-corrected chi connectivity index (χ0v) is 11.2. The molecule has 1 aromatic rings. The van der Waals surface area contributed by atoms with Crippen LogP contribution < -0.4 is 11.1 Å². The van der Waals surface area contributed by atoms with Crippen LogP contribution >= 0.6 is 0 Å². The number of nitrogen functional groups attached to an aromatic ring is 1. The van der Waals surface area contributed by atoms with Crippen LogP contribution in [0.1, 0.15) is 48.5 Å². The molecule has 2 atom stereocenters. The molecule has 3 N–H and O–H groups in total. The minimum absolute atomic E-state index is 0.0234. The maximum Gasteiger partial charge on any atom is 0.253 e. The Morgan fingerprint density at radius 2 is 2.17 bits per heavy atom. The van der Waals surface area contributed by atoms with E-state index in [9.17, 15) is 4.79 Å². The van der Waals surface area contributed by atoms with E-state index in [2.05, 4.69) is 12.2 Å². The van der Waals surface area contributed by atoms with Crippen LogP contribution in [-0.4, -0.2) is 11.9 Å². The van der Waals surface area contributed by atoms with Gasteiger partial charge in [-0.25, -0.2) is 0 Å². The normalized spacial score (nSPS) is 23.7. The number of nitrogens with two attached hydrogens (primary N) is 1. The van der Waals surface area contributed by atoms with Crippen LogP contribution in [0.3, 0.4) is 0 Å². The summed E-state index contributed by atoms with van der Waals surface area (Å²) < 4.78 is 0. The summed E-state index contributed by atoms with van der Waals surface area (Å²) in [4.78, 5) is 12.3. The molecule has 1 amide bonds. The number of hydrogen-bond acceptors (Lipinski definition) is 2. The summed E-state index contributed by atoms with van der Waals surface area (Å²) in [6.07, 6.45) is 4.65. The topological polar surface area (TPSA) is 55.1 Å². The fraction of sp³-hybridized carbons (Fsp3) is 0.533. The number of carbonyl (C=O) groups is 1. The molecule has 18 heavy (non-hydrogen) atoms. The summed E-state index contributed by atoms with van der Waals surface area (Å²) >= 11 is 0. The number of anilines is 1. The van der Waals surface area contributed by atoms with Crippen molar-refractivity contribution in [2.45, 2.75) is 45.6 Å². The van der Waals surface area contributed by atoms with E-state index >= 15 is 0 Å². The van der Waals surface area contributed by atoms with E-state index in [0.29, 0.717) is 23.2 Å². The van der Waals surface area contributed by atoms with Gasteiger partial charge in [0.05, 0.1) is 5.56 Å². The number of nitrogens with one attached hydrogen (secondary N) is 1. The fourth-order valence-electron chi connectivity index (χ4n) is 2.82. The molecular formula is C15H22N2O. The van der Waals surface area contributed by atoms with Crippen molar-refractivity contribution < 1.29 is 4.79 Å². The monoisotopic (exact) mass is 246 g/mol. The van der Waals surface area contributed by atoms with E-state index in [-0.39, 0.29) is 5.91 Å². The number of rotatable bonds is 2. The van der Waals surface area contributed by atoms with Crippen molar-refractivity contribution in [2.24, 2.45) is 5.92 Å². The quantitative estimate of drug-likeness (QED) is 0.788. The lowest BCUT2D eigenvalue weighted by atomic mass is 9.87. The minimum atomic E-state index is -0.0234. The fourth-order valence-corrected chi connectivity index (χ4v) is 2.82. The molecule has 1 aliphatic rings. The van der Waals surface area contributed by atoms with Crippen LogP contribution in [-0.2, 0) is 0 Å². The highest BCUT2D eigenvalue weighted by Gasteiger charge is 2.22. The molecular weight excluding hydrogens is 224 g/mol. The van der Waals surface area contributed by atoms with Gasteiger partial charge in [0.15, 0.2) is 0 Å². The van der Waals surface area contributed by atoms with Crippen LogP contribution in [0, 0.1) is 12.8 Å². The molecule has 1 saturated carbocycles. The highest BCUT2D eigenvalue weighted by Crippen LogP contribution is 2.24. The molecule has 0 spiro atoms. The van der Waals surface area contributed by atoms with Crippen LogP contribution in [0.15, 0.2) is 18.2 Å². The van der Waals surface area contributed by atoms with Crippen molar-refractivity contribution in [3.63, 3.8) is 0 Å². The molecule has 2 unspecified atom stereocenters. The lowest BCUT2D eigenvalue weighted by Crippen LogP contribution is -2.38. The molecule has 3 heteroatoms. The van der Waals surface area contributed by atoms with Gasteiger partial charge in [-0.2, -0.15) is 0 Å². The van der Waals surface area contributed by atoms with Gasteiger partial charge in [0.2, 0.25) is 0 Å². The molecule has 1 fully saturated rings. The Morgan fingerprint density at radius 1 is 1.39 bits per heavy atom. The standard InChI is InChI=1S/C15H22N2O/c1-10-5-3-7-12(9-10)17-15(18)14-11(2)6-4-8-13(14)16/h4,6,8,10,12H,3,5,7,9,16H2,1-2H3,(H,17,18). The van der Waals surface area contributed by atoms with Crippen LogP contribution in [0.25, 0.3) is 0 Å². The molecule has 0 aromatic heterocycles. The lowest BCUT2D eigenvalue weighted by molar-refractivity contribution is 0.0921. The van der Waals surface area contributed by atoms with E-state index in [0.717, 1.165) is 18.4 Å². The number of aryl methyl sites for hydroxylation is 1. The Morgan fingerprint density at radius 3 is 2.83 bits per heavy atom. The van der Waals surface area contributed by atoms with E-state index in [1.54, 1.807) is 6.07 Å². The van der Waals surface area contributed by atoms with Gasteiger partial charge < -0.3 is 11.1 Å². The Balaban J connectivity index is 2.07. The molecule has 1 aromatic carbocycles. The zero-order valence-electron chi connectivity index (χ0n) is 11.2. The third kappa shape index (κ3) is 2.84. The van der Waals surface area contributed by atoms with E-state index in [1.807, 2.05) is 19.1 Å². The summed E-state index contributed by atoms with van der Waals surface area (Å²) in [6, 6.07) is 5.89. The Hall–Kier alpha value is -1.51. The second-order valence-electron chi connectivity index (χ2n) is 5.48. The number of hydrogen-bond donors (Lipinski definition) is 2. The summed E-state index contributed by atoms with van der Waals surface area (Å²) in [5.41, 5.74) is 8.04. The molecule has 98 valence electrons. The van der Waals surface area contributed by atoms with E-state index < -0.39 is 0 Å². The molecule has 1 aliphatic carbocycles. The molecule has 3 nitrogen and oxygen atoms in total. The van der Waals surface area contributed by atoms with Crippen molar-refractivity contribution >= 4 is 11.6 Å². The molecule has 0 bridgehead atoms. The first-order chi connectivity index (χ1) is 8.58. The second kappa shape index (κ2) is 5.42. The van der Waals surface area contributed by atoms with Crippen LogP contribution in [0.2, 0.25) is 0 Å². The van der Waals surface area contributed by atoms with Gasteiger partial charge in [-0.05, 0) is 37.3 Å². The average molecular weight is 246 g/mol. The summed E-state index contributed by atoms with van der Waals surface area (Å²) in [5, 5.41) is 3.13. The number of benzene rings is 1. The third-order valence-electron chi connectivity index (χ3n) is 3.80. The molecule has 0 heterocycles. The molecule has 2 rings (SSSR count). The van der Waals surface area contributed by atoms with Gasteiger partial charge in [0, 0.05) is 11.7 Å². The maximum absolute atomic E-state index is 12.3. The highest BCUT2D eigenvalue weighted by atomic mass is 16.1. The van der Waals surface area contributed by atoms with Gasteiger partial charge >= 0.3 is 0 Å². The third-order valence-corrected chi connectivity index (χ3v) is 3.80. The van der Waals surface area contributed by atoms with Crippen molar-refractivity contribution in [3.8, 4) is 0 Å². The summed E-state index contributed by atoms with van der Waals surface area (Å²) in [5.74, 6) is 0.683. The van der Waals surface area contributed by atoms with Crippen molar-refractivity contribution in [1.29, 1.82) is 0 Å². The molecule has 0 saturated heterocycles. The Bertz CT molecular complexity index is 422. The first-order valence-electron chi connectivity index (χ1n) is 6.74. The van der Waals surface area contributed by atoms with Gasteiger partial charge in [-0.15, -0.1) is 0 Å². The number of carbonyl (C=O) groups excluding carboxylic acids is 1. The second-order valence-corrected chi connectivity index (χ2v) is 5.48. The summed E-state index contributed by atoms with van der Waals surface area (Å²) in [6.45, 7) is 4.18. The molecule has 0 aliphatic heterocycles. The van der Waals surface area contributed by atoms with E-state index in [1.165, 1.54) is 12.8 Å². The highest BCUT2D eigenvalue weighted by molar-refractivity contribution is 6.00. The summed E-state index contributed by atoms with van der Waals surface area (Å²) in [7, 11) is 0. The number of amides is 1. The van der Waals surface area contributed by atoms with E-state index in [4.69, 9.17) is 5.73 Å². The Kier molecular flexibility index (Phi) is 3.90.